The molecule has 0 amide bonds. The molecule has 2 rings (SSSR count). The van der Waals surface area contributed by atoms with Gasteiger partial charge in [-0.1, -0.05) is 23.7 Å². The van der Waals surface area contributed by atoms with Crippen molar-refractivity contribution in [2.45, 2.75) is 25.5 Å². The summed E-state index contributed by atoms with van der Waals surface area (Å²) in [5, 5.41) is 11.2. The molecule has 1 aromatic carbocycles. The summed E-state index contributed by atoms with van der Waals surface area (Å²) in [6.07, 6.45) is -0.561. The largest absolute Gasteiger partial charge is 0.386 e. The Morgan fingerprint density at radius 1 is 1.33 bits per heavy atom. The van der Waals surface area contributed by atoms with Crippen molar-refractivity contribution in [1.82, 2.24) is 4.90 Å². The van der Waals surface area contributed by atoms with E-state index in [1.54, 1.807) is 0 Å². The molecule has 1 aliphatic heterocycles. The smallest absolute Gasteiger partial charge is 0.0968 e. The van der Waals surface area contributed by atoms with E-state index in [9.17, 15) is 5.11 Å². The molecule has 0 saturated carbocycles. The molecule has 0 radical (unpaired) electrons. The van der Waals surface area contributed by atoms with Crippen LogP contribution in [0.2, 0.25) is 5.02 Å². The van der Waals surface area contributed by atoms with E-state index in [4.69, 9.17) is 16.3 Å². The first-order valence-electron chi connectivity index (χ1n) is 6.28. The first-order valence-corrected chi connectivity index (χ1v) is 6.66. The summed E-state index contributed by atoms with van der Waals surface area (Å²) in [6.45, 7) is 7.28. The van der Waals surface area contributed by atoms with Gasteiger partial charge in [0.25, 0.3) is 0 Å². The van der Waals surface area contributed by atoms with Crippen molar-refractivity contribution in [2.24, 2.45) is 0 Å². The van der Waals surface area contributed by atoms with Crippen LogP contribution in [-0.4, -0.2) is 41.8 Å². The van der Waals surface area contributed by atoms with Crippen LogP contribution in [0.4, 0.5) is 0 Å². The van der Waals surface area contributed by atoms with Gasteiger partial charge in [-0.15, -0.1) is 0 Å². The van der Waals surface area contributed by atoms with E-state index < -0.39 is 6.10 Å². The fourth-order valence-electron chi connectivity index (χ4n) is 2.40. The monoisotopic (exact) mass is 269 g/mol. The zero-order valence-electron chi connectivity index (χ0n) is 10.9. The van der Waals surface area contributed by atoms with E-state index in [2.05, 4.69) is 18.7 Å². The molecule has 1 atom stereocenters. The van der Waals surface area contributed by atoms with Gasteiger partial charge in [0.15, 0.2) is 0 Å². The lowest BCUT2D eigenvalue weighted by Crippen LogP contribution is -2.53. The third-order valence-corrected chi connectivity index (χ3v) is 3.89. The highest BCUT2D eigenvalue weighted by Gasteiger charge is 2.36. The van der Waals surface area contributed by atoms with Crippen LogP contribution < -0.4 is 0 Å². The molecule has 1 fully saturated rings. The second kappa shape index (κ2) is 5.57. The molecule has 4 heteroatoms. The molecular formula is C14H20ClNO2. The maximum atomic E-state index is 10.6. The highest BCUT2D eigenvalue weighted by atomic mass is 35.5. The lowest BCUT2D eigenvalue weighted by atomic mass is 9.89. The van der Waals surface area contributed by atoms with Crippen LogP contribution in [-0.2, 0) is 4.74 Å². The van der Waals surface area contributed by atoms with E-state index in [0.29, 0.717) is 5.02 Å². The van der Waals surface area contributed by atoms with E-state index >= 15 is 0 Å². The molecule has 18 heavy (non-hydrogen) atoms. The van der Waals surface area contributed by atoms with Crippen LogP contribution in [0.5, 0.6) is 0 Å². The van der Waals surface area contributed by atoms with Crippen LogP contribution >= 0.6 is 11.6 Å². The Labute approximate surface area is 113 Å². The lowest BCUT2D eigenvalue weighted by molar-refractivity contribution is -0.0630. The average molecular weight is 270 g/mol. The number of aliphatic hydroxyl groups excluding tert-OH is 1. The van der Waals surface area contributed by atoms with Gasteiger partial charge in [-0.05, 0) is 31.5 Å². The van der Waals surface area contributed by atoms with E-state index in [1.165, 1.54) is 0 Å². The van der Waals surface area contributed by atoms with Crippen molar-refractivity contribution in [1.29, 1.82) is 0 Å². The van der Waals surface area contributed by atoms with Crippen LogP contribution in [0.3, 0.4) is 0 Å². The van der Waals surface area contributed by atoms with Crippen molar-refractivity contribution in [3.8, 4) is 0 Å². The lowest BCUT2D eigenvalue weighted by Gasteiger charge is -2.43. The Morgan fingerprint density at radius 2 is 2.00 bits per heavy atom. The Kier molecular flexibility index (Phi) is 4.28. The molecular weight excluding hydrogens is 250 g/mol. The summed E-state index contributed by atoms with van der Waals surface area (Å²) >= 11 is 5.98. The normalized spacial score (nSPS) is 19.8. The first kappa shape index (κ1) is 13.8. The minimum absolute atomic E-state index is 0.325. The summed E-state index contributed by atoms with van der Waals surface area (Å²) in [5.74, 6) is 0. The minimum Gasteiger partial charge on any atom is -0.386 e. The van der Waals surface area contributed by atoms with E-state index in [-0.39, 0.29) is 5.54 Å². The number of rotatable bonds is 3. The van der Waals surface area contributed by atoms with Gasteiger partial charge in [0.1, 0.15) is 0 Å². The number of nitrogens with zero attached hydrogens (tertiary/aromatic N) is 1. The van der Waals surface area contributed by atoms with Gasteiger partial charge in [-0.25, -0.2) is 0 Å². The maximum Gasteiger partial charge on any atom is 0.0968 e. The van der Waals surface area contributed by atoms with Crippen molar-refractivity contribution >= 4 is 11.6 Å². The number of benzene rings is 1. The number of hydrogen-bond donors (Lipinski definition) is 1. The molecule has 0 aliphatic carbocycles. The topological polar surface area (TPSA) is 32.7 Å². The van der Waals surface area contributed by atoms with Gasteiger partial charge in [0.05, 0.1) is 19.3 Å². The third-order valence-electron chi connectivity index (χ3n) is 3.66. The molecule has 3 nitrogen and oxygen atoms in total. The molecule has 100 valence electrons. The summed E-state index contributed by atoms with van der Waals surface area (Å²) in [4.78, 5) is 2.27. The molecule has 1 heterocycles. The van der Waals surface area contributed by atoms with Gasteiger partial charge in [-0.2, -0.15) is 0 Å². The maximum absolute atomic E-state index is 10.6. The van der Waals surface area contributed by atoms with Gasteiger partial charge < -0.3 is 9.84 Å². The predicted molar refractivity (Wildman–Crippen MR) is 72.9 cm³/mol. The molecule has 1 saturated heterocycles. The highest BCUT2D eigenvalue weighted by Crippen LogP contribution is 2.32. The second-order valence-electron chi connectivity index (χ2n) is 5.21. The fraction of sp³-hybridized carbons (Fsp3) is 0.571. The van der Waals surface area contributed by atoms with Gasteiger partial charge >= 0.3 is 0 Å². The van der Waals surface area contributed by atoms with Gasteiger partial charge in [0.2, 0.25) is 0 Å². The van der Waals surface area contributed by atoms with Crippen molar-refractivity contribution in [3.63, 3.8) is 0 Å². The highest BCUT2D eigenvalue weighted by molar-refractivity contribution is 6.30. The molecule has 0 aromatic heterocycles. The summed E-state index contributed by atoms with van der Waals surface area (Å²) in [7, 11) is 0. The minimum atomic E-state index is -0.561. The van der Waals surface area contributed by atoms with E-state index in [1.807, 2.05) is 24.3 Å². The van der Waals surface area contributed by atoms with Crippen LogP contribution in [0.25, 0.3) is 0 Å². The zero-order valence-corrected chi connectivity index (χ0v) is 11.7. The molecule has 1 unspecified atom stereocenters. The molecule has 0 bridgehead atoms. The Bertz CT molecular complexity index is 403. The zero-order chi connectivity index (χ0) is 13.2. The van der Waals surface area contributed by atoms with Crippen molar-refractivity contribution < 1.29 is 9.84 Å². The number of hydrogen-bond acceptors (Lipinski definition) is 3. The number of halogens is 1. The third kappa shape index (κ3) is 2.86. The standard InChI is InChI=1S/C14H20ClNO2/c1-14(2,16-6-8-18-9-7-16)13(17)11-4-3-5-12(15)10-11/h3-5,10,13,17H,6-9H2,1-2H3. The fourth-order valence-corrected chi connectivity index (χ4v) is 2.60. The average Bonchev–Trinajstić information content (AvgIpc) is 2.39. The van der Waals surface area contributed by atoms with Crippen LogP contribution in [0.1, 0.15) is 25.5 Å². The molecule has 1 aliphatic rings. The summed E-state index contributed by atoms with van der Waals surface area (Å²) < 4.78 is 5.36. The Balaban J connectivity index is 2.17. The van der Waals surface area contributed by atoms with Crippen LogP contribution in [0.15, 0.2) is 24.3 Å². The van der Waals surface area contributed by atoms with Crippen LogP contribution in [0, 0.1) is 0 Å². The number of morpholine rings is 1. The SMILES string of the molecule is CC(C)(C(O)c1cccc(Cl)c1)N1CCOCC1. The Hall–Kier alpha value is -0.610. The second-order valence-corrected chi connectivity index (χ2v) is 5.65. The summed E-state index contributed by atoms with van der Waals surface area (Å²) in [5.41, 5.74) is 0.535. The van der Waals surface area contributed by atoms with E-state index in [0.717, 1.165) is 31.9 Å². The molecule has 0 spiro atoms. The van der Waals surface area contributed by atoms with Gasteiger partial charge in [-0.3, -0.25) is 4.90 Å². The molecule has 1 N–H and O–H groups in total. The predicted octanol–water partition coefficient (Wildman–Crippen LogP) is 2.48. The number of aliphatic hydroxyl groups is 1. The quantitative estimate of drug-likeness (QED) is 0.915. The van der Waals surface area contributed by atoms with Crippen molar-refractivity contribution in [3.05, 3.63) is 34.9 Å². The molecule has 1 aromatic rings. The van der Waals surface area contributed by atoms with Gasteiger partial charge in [0, 0.05) is 23.7 Å². The Morgan fingerprint density at radius 3 is 2.61 bits per heavy atom. The van der Waals surface area contributed by atoms with Crippen molar-refractivity contribution in [2.75, 3.05) is 26.3 Å². The summed E-state index contributed by atoms with van der Waals surface area (Å²) in [6, 6.07) is 7.43. The first-order chi connectivity index (χ1) is 8.51. The number of ether oxygens (including phenoxy) is 1.